The summed E-state index contributed by atoms with van der Waals surface area (Å²) >= 11 is 0. The molecule has 1 heterocycles. The lowest BCUT2D eigenvalue weighted by Gasteiger charge is -2.33. The zero-order valence-electron chi connectivity index (χ0n) is 14.5. The van der Waals surface area contributed by atoms with Gasteiger partial charge in [-0.3, -0.25) is 4.79 Å². The first-order chi connectivity index (χ1) is 12.1. The van der Waals surface area contributed by atoms with E-state index in [4.69, 9.17) is 0 Å². The van der Waals surface area contributed by atoms with E-state index >= 15 is 0 Å². The van der Waals surface area contributed by atoms with Crippen LogP contribution in [-0.4, -0.2) is 47.7 Å². The third-order valence-electron chi connectivity index (χ3n) is 5.29. The Labute approximate surface area is 148 Å². The van der Waals surface area contributed by atoms with Crippen LogP contribution in [-0.2, 0) is 4.79 Å². The van der Waals surface area contributed by atoms with E-state index in [9.17, 15) is 14.7 Å². The molecule has 3 rings (SSSR count). The third kappa shape index (κ3) is 4.72. The van der Waals surface area contributed by atoms with Crippen LogP contribution in [0.15, 0.2) is 24.3 Å². The minimum Gasteiger partial charge on any atom is -0.465 e. The second kappa shape index (κ2) is 8.34. The molecule has 1 aromatic rings. The lowest BCUT2D eigenvalue weighted by atomic mass is 9.84. The van der Waals surface area contributed by atoms with Crippen LogP contribution < -0.4 is 10.6 Å². The van der Waals surface area contributed by atoms with Gasteiger partial charge in [-0.25, -0.2) is 4.79 Å². The van der Waals surface area contributed by atoms with Crippen LogP contribution in [0, 0.1) is 0 Å². The third-order valence-corrected chi connectivity index (χ3v) is 5.29. The van der Waals surface area contributed by atoms with Crippen molar-refractivity contribution in [2.45, 2.75) is 50.5 Å². The molecule has 0 radical (unpaired) electrons. The molecule has 1 unspecified atom stereocenters. The Morgan fingerprint density at radius 2 is 1.88 bits per heavy atom. The largest absolute Gasteiger partial charge is 0.465 e. The molecule has 136 valence electrons. The summed E-state index contributed by atoms with van der Waals surface area (Å²) in [6, 6.07) is 7.81. The molecule has 1 aromatic carbocycles. The van der Waals surface area contributed by atoms with Crippen molar-refractivity contribution >= 4 is 17.7 Å². The highest BCUT2D eigenvalue weighted by molar-refractivity contribution is 5.91. The van der Waals surface area contributed by atoms with Crippen LogP contribution in [0.3, 0.4) is 0 Å². The van der Waals surface area contributed by atoms with Gasteiger partial charge in [-0.05, 0) is 36.5 Å². The maximum atomic E-state index is 12.3. The van der Waals surface area contributed by atoms with E-state index in [2.05, 4.69) is 22.8 Å². The number of nitrogens with zero attached hydrogens (tertiary/aromatic N) is 1. The topological polar surface area (TPSA) is 81.7 Å². The summed E-state index contributed by atoms with van der Waals surface area (Å²) in [4.78, 5) is 24.9. The highest BCUT2D eigenvalue weighted by Gasteiger charge is 2.28. The second-order valence-electron chi connectivity index (χ2n) is 7.04. The fourth-order valence-electron chi connectivity index (χ4n) is 3.90. The minimum atomic E-state index is -0.962. The molecule has 1 saturated carbocycles. The van der Waals surface area contributed by atoms with E-state index < -0.39 is 6.09 Å². The van der Waals surface area contributed by atoms with Crippen LogP contribution in [0.4, 0.5) is 10.5 Å². The number of amides is 2. The molecule has 0 aromatic heterocycles. The Bertz CT molecular complexity index is 596. The van der Waals surface area contributed by atoms with E-state index in [1.165, 1.54) is 42.6 Å². The molecule has 1 atom stereocenters. The lowest BCUT2D eigenvalue weighted by molar-refractivity contribution is -0.117. The van der Waals surface area contributed by atoms with Crippen molar-refractivity contribution in [2.24, 2.45) is 0 Å². The van der Waals surface area contributed by atoms with Crippen molar-refractivity contribution in [3.8, 4) is 0 Å². The van der Waals surface area contributed by atoms with Crippen LogP contribution in [0.1, 0.15) is 50.0 Å². The Morgan fingerprint density at radius 3 is 2.56 bits per heavy atom. The Kier molecular flexibility index (Phi) is 5.91. The number of rotatable bonds is 4. The fraction of sp³-hybridized carbons (Fsp3) is 0.579. The average Bonchev–Trinajstić information content (AvgIpc) is 2.63. The number of nitrogens with one attached hydrogen (secondary N) is 2. The fourth-order valence-corrected chi connectivity index (χ4v) is 3.90. The van der Waals surface area contributed by atoms with E-state index in [1.807, 2.05) is 12.1 Å². The second-order valence-corrected chi connectivity index (χ2v) is 7.04. The van der Waals surface area contributed by atoms with E-state index in [1.54, 1.807) is 0 Å². The van der Waals surface area contributed by atoms with Gasteiger partial charge in [0.25, 0.3) is 0 Å². The minimum absolute atomic E-state index is 0.148. The number of hydrogen-bond donors (Lipinski definition) is 3. The number of carboxylic acid groups (broad SMARTS) is 1. The number of carbonyl (C=O) groups excluding carboxylic acids is 1. The molecule has 6 heteroatoms. The molecule has 25 heavy (non-hydrogen) atoms. The summed E-state index contributed by atoms with van der Waals surface area (Å²) in [5.41, 5.74) is 2.13. The molecule has 2 amide bonds. The van der Waals surface area contributed by atoms with Crippen molar-refractivity contribution in [1.82, 2.24) is 10.2 Å². The highest BCUT2D eigenvalue weighted by atomic mass is 16.4. The zero-order chi connectivity index (χ0) is 17.6. The summed E-state index contributed by atoms with van der Waals surface area (Å²) in [5, 5.41) is 15.3. The predicted molar refractivity (Wildman–Crippen MR) is 96.9 cm³/mol. The van der Waals surface area contributed by atoms with Crippen molar-refractivity contribution in [1.29, 1.82) is 0 Å². The first-order valence-electron chi connectivity index (χ1n) is 9.23. The average molecular weight is 345 g/mol. The van der Waals surface area contributed by atoms with Gasteiger partial charge in [0, 0.05) is 31.7 Å². The number of hydrogen-bond acceptors (Lipinski definition) is 3. The van der Waals surface area contributed by atoms with Crippen molar-refractivity contribution in [3.63, 3.8) is 0 Å². The number of carbonyl (C=O) groups is 2. The van der Waals surface area contributed by atoms with E-state index in [0.717, 1.165) is 5.69 Å². The number of benzene rings is 1. The van der Waals surface area contributed by atoms with Gasteiger partial charge in [0.05, 0.1) is 6.04 Å². The standard InChI is InChI=1S/C19H27N3O3/c23-18(12-17-13-20-10-11-22(17)19(24)25)21-16-8-6-15(7-9-16)14-4-2-1-3-5-14/h6-9,14,17,20H,1-5,10-13H2,(H,21,23)(H,24,25). The summed E-state index contributed by atoms with van der Waals surface area (Å²) in [7, 11) is 0. The molecule has 1 aliphatic carbocycles. The van der Waals surface area contributed by atoms with Gasteiger partial charge in [-0.2, -0.15) is 0 Å². The molecule has 0 bridgehead atoms. The van der Waals surface area contributed by atoms with Crippen LogP contribution in [0.5, 0.6) is 0 Å². The van der Waals surface area contributed by atoms with E-state index in [0.29, 0.717) is 25.6 Å². The monoisotopic (exact) mass is 345 g/mol. The summed E-state index contributed by atoms with van der Waals surface area (Å²) in [6.07, 6.45) is 5.67. The van der Waals surface area contributed by atoms with Crippen LogP contribution in [0.25, 0.3) is 0 Å². The van der Waals surface area contributed by atoms with Gasteiger partial charge in [-0.15, -0.1) is 0 Å². The maximum absolute atomic E-state index is 12.3. The highest BCUT2D eigenvalue weighted by Crippen LogP contribution is 2.32. The molecule has 3 N–H and O–H groups in total. The van der Waals surface area contributed by atoms with Crippen LogP contribution >= 0.6 is 0 Å². The van der Waals surface area contributed by atoms with Crippen molar-refractivity contribution in [2.75, 3.05) is 25.0 Å². The first-order valence-corrected chi connectivity index (χ1v) is 9.23. The molecule has 6 nitrogen and oxygen atoms in total. The van der Waals surface area contributed by atoms with Gasteiger partial charge in [0.2, 0.25) is 5.91 Å². The van der Waals surface area contributed by atoms with Gasteiger partial charge < -0.3 is 20.6 Å². The molecular formula is C19H27N3O3. The molecule has 0 spiro atoms. The summed E-state index contributed by atoms with van der Waals surface area (Å²) in [6.45, 7) is 1.57. The Hall–Kier alpha value is -2.08. The SMILES string of the molecule is O=C(CC1CNCCN1C(=O)O)Nc1ccc(C2CCCCC2)cc1. The smallest absolute Gasteiger partial charge is 0.407 e. The molecule has 1 aliphatic heterocycles. The predicted octanol–water partition coefficient (Wildman–Crippen LogP) is 3.01. The number of piperazine rings is 1. The summed E-state index contributed by atoms with van der Waals surface area (Å²) in [5.74, 6) is 0.501. The quantitative estimate of drug-likeness (QED) is 0.783. The van der Waals surface area contributed by atoms with Crippen molar-refractivity contribution in [3.05, 3.63) is 29.8 Å². The zero-order valence-corrected chi connectivity index (χ0v) is 14.5. The number of anilines is 1. The molecule has 1 saturated heterocycles. The lowest BCUT2D eigenvalue weighted by Crippen LogP contribution is -2.54. The molecular weight excluding hydrogens is 318 g/mol. The molecule has 2 aliphatic rings. The maximum Gasteiger partial charge on any atom is 0.407 e. The van der Waals surface area contributed by atoms with Crippen molar-refractivity contribution < 1.29 is 14.7 Å². The first kappa shape index (κ1) is 17.7. The van der Waals surface area contributed by atoms with Crippen LogP contribution in [0.2, 0.25) is 0 Å². The van der Waals surface area contributed by atoms with E-state index in [-0.39, 0.29) is 18.4 Å². The van der Waals surface area contributed by atoms with Gasteiger partial charge in [-0.1, -0.05) is 31.4 Å². The van der Waals surface area contributed by atoms with Gasteiger partial charge >= 0.3 is 6.09 Å². The molecule has 2 fully saturated rings. The van der Waals surface area contributed by atoms with Gasteiger partial charge in [0.1, 0.15) is 0 Å². The Balaban J connectivity index is 1.54. The summed E-state index contributed by atoms with van der Waals surface area (Å²) < 4.78 is 0. The Morgan fingerprint density at radius 1 is 1.16 bits per heavy atom. The van der Waals surface area contributed by atoms with Gasteiger partial charge in [0.15, 0.2) is 0 Å². The normalized spacial score (nSPS) is 21.8.